The second-order valence-corrected chi connectivity index (χ2v) is 6.23. The molecule has 5 heteroatoms. The van der Waals surface area contributed by atoms with Crippen molar-refractivity contribution in [3.63, 3.8) is 0 Å². The van der Waals surface area contributed by atoms with Gasteiger partial charge in [0.25, 0.3) is 0 Å². The van der Waals surface area contributed by atoms with Crippen molar-refractivity contribution in [3.8, 4) is 0 Å². The van der Waals surface area contributed by atoms with Crippen LogP contribution in [0.15, 0.2) is 4.47 Å². The number of hydrogen-bond acceptors (Lipinski definition) is 3. The van der Waals surface area contributed by atoms with E-state index in [-0.39, 0.29) is 0 Å². The van der Waals surface area contributed by atoms with E-state index in [4.69, 9.17) is 5.11 Å². The summed E-state index contributed by atoms with van der Waals surface area (Å²) < 4.78 is 3.17. The minimum absolute atomic E-state index is 0.313. The lowest BCUT2D eigenvalue weighted by Crippen LogP contribution is -2.35. The Morgan fingerprint density at radius 1 is 1.47 bits per heavy atom. The predicted octanol–water partition coefficient (Wildman–Crippen LogP) is 2.34. The number of aliphatic hydroxyl groups excluding tert-OH is 1. The molecule has 1 atom stereocenters. The number of piperidine rings is 1. The third-order valence-corrected chi connectivity index (χ3v) is 4.93. The van der Waals surface area contributed by atoms with Crippen LogP contribution in [0.1, 0.15) is 37.6 Å². The Balaban J connectivity index is 2.02. The molecule has 1 N–H and O–H groups in total. The van der Waals surface area contributed by atoms with Crippen molar-refractivity contribution in [1.82, 2.24) is 14.7 Å². The van der Waals surface area contributed by atoms with E-state index in [1.165, 1.54) is 23.0 Å². The van der Waals surface area contributed by atoms with Crippen LogP contribution >= 0.6 is 15.9 Å². The second-order valence-electron chi connectivity index (χ2n) is 5.44. The topological polar surface area (TPSA) is 41.3 Å². The van der Waals surface area contributed by atoms with E-state index >= 15 is 0 Å². The molecule has 0 saturated carbocycles. The first kappa shape index (κ1) is 15.0. The molecule has 1 aliphatic heterocycles. The first-order chi connectivity index (χ1) is 9.15. The molecule has 1 aliphatic rings. The van der Waals surface area contributed by atoms with E-state index in [9.17, 15) is 0 Å². The van der Waals surface area contributed by atoms with Gasteiger partial charge in [0.05, 0.1) is 15.9 Å². The summed E-state index contributed by atoms with van der Waals surface area (Å²) in [4.78, 5) is 2.49. The van der Waals surface area contributed by atoms with Crippen LogP contribution in [0.3, 0.4) is 0 Å². The van der Waals surface area contributed by atoms with E-state index in [2.05, 4.69) is 32.9 Å². The third-order valence-electron chi connectivity index (χ3n) is 4.02. The highest BCUT2D eigenvalue weighted by atomic mass is 79.9. The first-order valence-corrected chi connectivity index (χ1v) is 7.98. The number of rotatable bonds is 5. The average molecular weight is 330 g/mol. The largest absolute Gasteiger partial charge is 0.396 e. The fourth-order valence-electron chi connectivity index (χ4n) is 2.92. The van der Waals surface area contributed by atoms with Crippen molar-refractivity contribution >= 4 is 15.9 Å². The molecule has 1 aromatic rings. The standard InChI is InChI=1S/C14H24BrN3O/c1-3-12-14(15)13(17(2)16-12)10-18-7-4-5-11(9-18)6-8-19/h11,19H,3-10H2,1-2H3. The van der Waals surface area contributed by atoms with Gasteiger partial charge in [0, 0.05) is 26.7 Å². The van der Waals surface area contributed by atoms with Gasteiger partial charge in [-0.1, -0.05) is 6.92 Å². The van der Waals surface area contributed by atoms with Crippen LogP contribution in [-0.4, -0.2) is 39.5 Å². The van der Waals surface area contributed by atoms with E-state index < -0.39 is 0 Å². The molecule has 0 aliphatic carbocycles. The van der Waals surface area contributed by atoms with Crippen molar-refractivity contribution in [1.29, 1.82) is 0 Å². The lowest BCUT2D eigenvalue weighted by molar-refractivity contribution is 0.140. The predicted molar refractivity (Wildman–Crippen MR) is 80.0 cm³/mol. The Morgan fingerprint density at radius 3 is 2.89 bits per heavy atom. The van der Waals surface area contributed by atoms with Crippen molar-refractivity contribution in [2.45, 2.75) is 39.2 Å². The molecule has 4 nitrogen and oxygen atoms in total. The molecular weight excluding hydrogens is 306 g/mol. The van der Waals surface area contributed by atoms with Crippen molar-refractivity contribution < 1.29 is 5.11 Å². The molecule has 19 heavy (non-hydrogen) atoms. The average Bonchev–Trinajstić information content (AvgIpc) is 2.67. The van der Waals surface area contributed by atoms with Crippen molar-refractivity contribution in [2.75, 3.05) is 19.7 Å². The van der Waals surface area contributed by atoms with E-state index in [1.807, 2.05) is 11.7 Å². The fourth-order valence-corrected chi connectivity index (χ4v) is 3.66. The van der Waals surface area contributed by atoms with Crippen LogP contribution in [0, 0.1) is 5.92 Å². The third kappa shape index (κ3) is 3.58. The van der Waals surface area contributed by atoms with Gasteiger partial charge in [0.1, 0.15) is 0 Å². The summed E-state index contributed by atoms with van der Waals surface area (Å²) in [6.07, 6.45) is 4.38. The highest BCUT2D eigenvalue weighted by molar-refractivity contribution is 9.10. The minimum Gasteiger partial charge on any atom is -0.396 e. The molecule has 2 rings (SSSR count). The first-order valence-electron chi connectivity index (χ1n) is 7.19. The van der Waals surface area contributed by atoms with Crippen molar-refractivity contribution in [2.24, 2.45) is 13.0 Å². The normalized spacial score (nSPS) is 20.9. The molecule has 0 radical (unpaired) electrons. The zero-order chi connectivity index (χ0) is 13.8. The quantitative estimate of drug-likeness (QED) is 0.901. The summed E-state index contributed by atoms with van der Waals surface area (Å²) in [5.41, 5.74) is 2.41. The van der Waals surface area contributed by atoms with Crippen molar-refractivity contribution in [3.05, 3.63) is 15.9 Å². The molecule has 0 bridgehead atoms. The maximum Gasteiger partial charge on any atom is 0.0767 e. The molecule has 0 aromatic carbocycles. The number of halogens is 1. The summed E-state index contributed by atoms with van der Waals surface area (Å²) in [6.45, 7) is 5.65. The Morgan fingerprint density at radius 2 is 2.26 bits per heavy atom. The van der Waals surface area contributed by atoms with E-state index in [1.54, 1.807) is 0 Å². The lowest BCUT2D eigenvalue weighted by Gasteiger charge is -2.32. The summed E-state index contributed by atoms with van der Waals surface area (Å²) in [5.74, 6) is 0.649. The maximum absolute atomic E-state index is 9.08. The minimum atomic E-state index is 0.313. The van der Waals surface area contributed by atoms with Crippen LogP contribution in [0.5, 0.6) is 0 Å². The van der Waals surface area contributed by atoms with Crippen LogP contribution in [0.2, 0.25) is 0 Å². The summed E-state index contributed by atoms with van der Waals surface area (Å²) in [7, 11) is 2.02. The van der Waals surface area contributed by atoms with Crippen LogP contribution in [-0.2, 0) is 20.0 Å². The Hall–Kier alpha value is -0.390. The van der Waals surface area contributed by atoms with E-state index in [0.29, 0.717) is 12.5 Å². The van der Waals surface area contributed by atoms with Crippen LogP contribution in [0.4, 0.5) is 0 Å². The number of nitrogens with zero attached hydrogens (tertiary/aromatic N) is 3. The number of hydrogen-bond donors (Lipinski definition) is 1. The van der Waals surface area contributed by atoms with E-state index in [0.717, 1.165) is 38.2 Å². The smallest absolute Gasteiger partial charge is 0.0767 e. The van der Waals surface area contributed by atoms with Crippen LogP contribution in [0.25, 0.3) is 0 Å². The number of aliphatic hydroxyl groups is 1. The van der Waals surface area contributed by atoms with Crippen LogP contribution < -0.4 is 0 Å². The molecular formula is C14H24BrN3O. The molecule has 108 valence electrons. The molecule has 0 amide bonds. The monoisotopic (exact) mass is 329 g/mol. The fraction of sp³-hybridized carbons (Fsp3) is 0.786. The van der Waals surface area contributed by atoms with Gasteiger partial charge in [-0.2, -0.15) is 5.10 Å². The Bertz CT molecular complexity index is 417. The number of likely N-dealkylation sites (tertiary alicyclic amines) is 1. The molecule has 1 saturated heterocycles. The Kier molecular flexibility index (Phi) is 5.42. The summed E-state index contributed by atoms with van der Waals surface area (Å²) in [5, 5.41) is 13.6. The lowest BCUT2D eigenvalue weighted by atomic mass is 9.95. The molecule has 0 spiro atoms. The van der Waals surface area contributed by atoms with Gasteiger partial charge in [-0.05, 0) is 54.1 Å². The van der Waals surface area contributed by atoms with Gasteiger partial charge in [-0.15, -0.1) is 0 Å². The maximum atomic E-state index is 9.08. The zero-order valence-corrected chi connectivity index (χ0v) is 13.5. The summed E-state index contributed by atoms with van der Waals surface area (Å²) >= 11 is 3.68. The number of aryl methyl sites for hydroxylation is 2. The molecule has 1 fully saturated rings. The number of aromatic nitrogens is 2. The zero-order valence-electron chi connectivity index (χ0n) is 11.9. The van der Waals surface area contributed by atoms with Gasteiger partial charge in [-0.3, -0.25) is 9.58 Å². The van der Waals surface area contributed by atoms with Gasteiger partial charge in [0.15, 0.2) is 0 Å². The molecule has 1 aromatic heterocycles. The van der Waals surface area contributed by atoms with Gasteiger partial charge in [0.2, 0.25) is 0 Å². The van der Waals surface area contributed by atoms with Gasteiger partial charge in [-0.25, -0.2) is 0 Å². The highest BCUT2D eigenvalue weighted by Gasteiger charge is 2.22. The highest BCUT2D eigenvalue weighted by Crippen LogP contribution is 2.26. The van der Waals surface area contributed by atoms with Gasteiger partial charge < -0.3 is 5.11 Å². The second kappa shape index (κ2) is 6.86. The Labute approximate surface area is 123 Å². The summed E-state index contributed by atoms with van der Waals surface area (Å²) in [6, 6.07) is 0. The molecule has 2 heterocycles. The van der Waals surface area contributed by atoms with Gasteiger partial charge >= 0.3 is 0 Å². The molecule has 1 unspecified atom stereocenters. The SMILES string of the molecule is CCc1nn(C)c(CN2CCCC(CCO)C2)c1Br.